The lowest BCUT2D eigenvalue weighted by molar-refractivity contribution is 0.602. The maximum absolute atomic E-state index is 13.2. The Balaban J connectivity index is 2.55. The average Bonchev–Trinajstić information content (AvgIpc) is 2.56. The minimum Gasteiger partial charge on any atom is -0.306 e. The summed E-state index contributed by atoms with van der Waals surface area (Å²) in [5, 5.41) is 7.22. The molecule has 0 bridgehead atoms. The molecule has 1 aromatic carbocycles. The molecule has 0 aliphatic heterocycles. The molecule has 0 fully saturated rings. The fraction of sp³-hybridized carbons (Fsp3) is 0. The Morgan fingerprint density at radius 3 is 2.71 bits per heavy atom. The van der Waals surface area contributed by atoms with Crippen LogP contribution in [0.1, 0.15) is 0 Å². The van der Waals surface area contributed by atoms with Gasteiger partial charge in [0.25, 0.3) is 0 Å². The molecule has 72 valence electrons. The van der Waals surface area contributed by atoms with Gasteiger partial charge in [0.15, 0.2) is 0 Å². The van der Waals surface area contributed by atoms with Crippen LogP contribution in [0.2, 0.25) is 0 Å². The van der Waals surface area contributed by atoms with E-state index in [-0.39, 0.29) is 11.3 Å². The van der Waals surface area contributed by atoms with Gasteiger partial charge in [0.2, 0.25) is 0 Å². The van der Waals surface area contributed by atoms with Crippen LogP contribution in [0, 0.1) is 11.6 Å². The van der Waals surface area contributed by atoms with E-state index in [2.05, 4.69) is 10.2 Å². The van der Waals surface area contributed by atoms with Gasteiger partial charge in [-0.2, -0.15) is 0 Å². The Kier molecular flexibility index (Phi) is 1.88. The molecule has 0 spiro atoms. The van der Waals surface area contributed by atoms with E-state index in [0.717, 1.165) is 23.1 Å². The number of nitrogen functional groups attached to an aromatic ring is 1. The molecule has 0 unspecified atom stereocenters. The number of benzene rings is 1. The van der Waals surface area contributed by atoms with Gasteiger partial charge in [0.1, 0.15) is 17.3 Å². The zero-order chi connectivity index (χ0) is 10.1. The third-order valence-corrected chi connectivity index (χ3v) is 1.71. The zero-order valence-corrected chi connectivity index (χ0v) is 6.98. The third-order valence-electron chi connectivity index (χ3n) is 1.71. The molecular formula is C8H6F2N4. The maximum Gasteiger partial charge on any atom is 0.132 e. The number of rotatable bonds is 1. The molecule has 0 atom stereocenters. The molecule has 2 rings (SSSR count). The first-order chi connectivity index (χ1) is 6.66. The fourth-order valence-electron chi connectivity index (χ4n) is 1.09. The number of hydrogen-bond acceptors (Lipinski definition) is 3. The van der Waals surface area contributed by atoms with Crippen LogP contribution in [0.3, 0.4) is 0 Å². The molecule has 0 aliphatic rings. The van der Waals surface area contributed by atoms with E-state index < -0.39 is 11.6 Å². The van der Waals surface area contributed by atoms with Gasteiger partial charge in [-0.3, -0.25) is 0 Å². The highest BCUT2D eigenvalue weighted by atomic mass is 19.1. The monoisotopic (exact) mass is 196 g/mol. The van der Waals surface area contributed by atoms with Crippen LogP contribution >= 0.6 is 0 Å². The van der Waals surface area contributed by atoms with Gasteiger partial charge in [-0.05, 0) is 18.2 Å². The smallest absolute Gasteiger partial charge is 0.132 e. The van der Waals surface area contributed by atoms with E-state index in [1.54, 1.807) is 0 Å². The van der Waals surface area contributed by atoms with Crippen molar-refractivity contribution in [2.24, 2.45) is 0 Å². The van der Waals surface area contributed by atoms with Gasteiger partial charge >= 0.3 is 0 Å². The van der Waals surface area contributed by atoms with Crippen LogP contribution in [-0.4, -0.2) is 15.1 Å². The van der Waals surface area contributed by atoms with Gasteiger partial charge in [0, 0.05) is 5.56 Å². The molecule has 14 heavy (non-hydrogen) atoms. The summed E-state index contributed by atoms with van der Waals surface area (Å²) in [6.45, 7) is 0. The van der Waals surface area contributed by atoms with Gasteiger partial charge in [0.05, 0.1) is 6.20 Å². The van der Waals surface area contributed by atoms with Crippen LogP contribution < -0.4 is 5.84 Å². The second kappa shape index (κ2) is 3.06. The maximum atomic E-state index is 13.2. The number of nitrogens with two attached hydrogens (primary N) is 1. The van der Waals surface area contributed by atoms with Crippen LogP contribution in [0.15, 0.2) is 24.4 Å². The number of aromatic nitrogens is 3. The van der Waals surface area contributed by atoms with Crippen molar-refractivity contribution in [2.75, 3.05) is 5.84 Å². The van der Waals surface area contributed by atoms with Crippen molar-refractivity contribution in [1.82, 2.24) is 15.1 Å². The van der Waals surface area contributed by atoms with Crippen LogP contribution in [-0.2, 0) is 0 Å². The predicted molar refractivity (Wildman–Crippen MR) is 45.5 cm³/mol. The topological polar surface area (TPSA) is 56.7 Å². The summed E-state index contributed by atoms with van der Waals surface area (Å²) in [6, 6.07) is 3.10. The molecule has 2 N–H and O–H groups in total. The summed E-state index contributed by atoms with van der Waals surface area (Å²) in [4.78, 5) is 0.791. The first kappa shape index (κ1) is 8.61. The summed E-state index contributed by atoms with van der Waals surface area (Å²) in [6.07, 6.45) is 1.26. The number of nitrogens with zero attached hydrogens (tertiary/aromatic N) is 3. The second-order valence-corrected chi connectivity index (χ2v) is 2.67. The highest BCUT2D eigenvalue weighted by Gasteiger charge is 2.09. The molecule has 0 amide bonds. The minimum absolute atomic E-state index is 0.0432. The van der Waals surface area contributed by atoms with Crippen LogP contribution in [0.4, 0.5) is 8.78 Å². The van der Waals surface area contributed by atoms with Crippen LogP contribution in [0.5, 0.6) is 0 Å². The number of hydrogen-bond donors (Lipinski definition) is 1. The Hall–Kier alpha value is -1.98. The largest absolute Gasteiger partial charge is 0.306 e. The van der Waals surface area contributed by atoms with Crippen molar-refractivity contribution in [3.05, 3.63) is 36.0 Å². The van der Waals surface area contributed by atoms with Crippen molar-refractivity contribution >= 4 is 0 Å². The molecular weight excluding hydrogens is 190 g/mol. The van der Waals surface area contributed by atoms with Crippen molar-refractivity contribution in [3.63, 3.8) is 0 Å². The fourth-order valence-corrected chi connectivity index (χ4v) is 1.09. The van der Waals surface area contributed by atoms with Crippen molar-refractivity contribution in [2.45, 2.75) is 0 Å². The third kappa shape index (κ3) is 1.41. The van der Waals surface area contributed by atoms with Crippen molar-refractivity contribution in [1.29, 1.82) is 0 Å². The summed E-state index contributed by atoms with van der Waals surface area (Å²) < 4.78 is 26.0. The lowest BCUT2D eigenvalue weighted by Crippen LogP contribution is -2.11. The van der Waals surface area contributed by atoms with E-state index >= 15 is 0 Å². The van der Waals surface area contributed by atoms with E-state index in [9.17, 15) is 8.78 Å². The van der Waals surface area contributed by atoms with Gasteiger partial charge in [-0.15, -0.1) is 10.2 Å². The van der Waals surface area contributed by atoms with Crippen molar-refractivity contribution in [3.8, 4) is 11.3 Å². The highest BCUT2D eigenvalue weighted by Crippen LogP contribution is 2.20. The molecule has 2 aromatic rings. The molecule has 0 saturated heterocycles. The first-order valence-electron chi connectivity index (χ1n) is 3.79. The summed E-state index contributed by atoms with van der Waals surface area (Å²) >= 11 is 0. The SMILES string of the molecule is Nn1ncc(-c2cc(F)ccc2F)n1. The molecule has 0 radical (unpaired) electrons. The van der Waals surface area contributed by atoms with E-state index in [4.69, 9.17) is 5.84 Å². The average molecular weight is 196 g/mol. The van der Waals surface area contributed by atoms with E-state index in [1.807, 2.05) is 0 Å². The second-order valence-electron chi connectivity index (χ2n) is 2.67. The van der Waals surface area contributed by atoms with Crippen LogP contribution in [0.25, 0.3) is 11.3 Å². The van der Waals surface area contributed by atoms with Gasteiger partial charge in [-0.25, -0.2) is 8.78 Å². The van der Waals surface area contributed by atoms with Crippen molar-refractivity contribution < 1.29 is 8.78 Å². The highest BCUT2D eigenvalue weighted by molar-refractivity contribution is 5.58. The first-order valence-corrected chi connectivity index (χ1v) is 3.79. The van der Waals surface area contributed by atoms with E-state index in [0.29, 0.717) is 0 Å². The predicted octanol–water partition coefficient (Wildman–Crippen LogP) is 0.937. The molecule has 1 aromatic heterocycles. The molecule has 0 saturated carbocycles. The Labute approximate surface area is 77.9 Å². The van der Waals surface area contributed by atoms with Gasteiger partial charge < -0.3 is 5.84 Å². The summed E-state index contributed by atoms with van der Waals surface area (Å²) in [5.41, 5.74) is 0.242. The Bertz CT molecular complexity index is 466. The lowest BCUT2D eigenvalue weighted by Gasteiger charge is -1.97. The summed E-state index contributed by atoms with van der Waals surface area (Å²) in [5.74, 6) is 4.08. The lowest BCUT2D eigenvalue weighted by atomic mass is 10.1. The molecule has 4 nitrogen and oxygen atoms in total. The quantitative estimate of drug-likeness (QED) is 0.690. The van der Waals surface area contributed by atoms with Gasteiger partial charge in [-0.1, -0.05) is 4.91 Å². The van der Waals surface area contributed by atoms with E-state index in [1.165, 1.54) is 6.20 Å². The minimum atomic E-state index is -0.563. The normalized spacial score (nSPS) is 10.4. The molecule has 0 aliphatic carbocycles. The molecule has 6 heteroatoms. The Morgan fingerprint density at radius 1 is 1.29 bits per heavy atom. The molecule has 1 heterocycles. The Morgan fingerprint density at radius 2 is 2.07 bits per heavy atom. The number of halogens is 2. The zero-order valence-electron chi connectivity index (χ0n) is 6.98. The standard InChI is InChI=1S/C8H6F2N4/c9-5-1-2-7(10)6(3-5)8-4-12-14(11)13-8/h1-4H,11H2. The summed E-state index contributed by atoms with van der Waals surface area (Å²) in [7, 11) is 0.